The number of halogens is 1. The Balaban J connectivity index is 2.21. The summed E-state index contributed by atoms with van der Waals surface area (Å²) >= 11 is 6.04. The number of amides is 3. The maximum atomic E-state index is 12.7. The summed E-state index contributed by atoms with van der Waals surface area (Å²) in [5, 5.41) is 5.62. The second-order valence-electron chi connectivity index (χ2n) is 5.71. The molecule has 3 amide bonds. The highest BCUT2D eigenvalue weighted by molar-refractivity contribution is 6.30. The van der Waals surface area contributed by atoms with Crippen molar-refractivity contribution in [3.63, 3.8) is 0 Å². The molecule has 0 saturated carbocycles. The number of nitrogens with zero attached hydrogens (tertiary/aromatic N) is 1. The first-order chi connectivity index (χ1) is 12.0. The second-order valence-corrected chi connectivity index (χ2v) is 6.14. The normalized spacial score (nSPS) is 11.8. The van der Waals surface area contributed by atoms with Crippen molar-refractivity contribution < 1.29 is 9.59 Å². The summed E-state index contributed by atoms with van der Waals surface area (Å²) < 4.78 is 0. The average molecular weight is 360 g/mol. The van der Waals surface area contributed by atoms with Crippen LogP contribution >= 0.6 is 11.6 Å². The van der Waals surface area contributed by atoms with Crippen molar-refractivity contribution in [2.75, 3.05) is 13.6 Å². The molecule has 0 radical (unpaired) electrons. The molecular weight excluding hydrogens is 338 g/mol. The highest BCUT2D eigenvalue weighted by Crippen LogP contribution is 2.22. The smallest absolute Gasteiger partial charge is 0.321 e. The van der Waals surface area contributed by atoms with Crippen molar-refractivity contribution in [1.29, 1.82) is 0 Å². The molecule has 25 heavy (non-hydrogen) atoms. The van der Waals surface area contributed by atoms with Gasteiger partial charge in [0.15, 0.2) is 0 Å². The van der Waals surface area contributed by atoms with Gasteiger partial charge in [-0.25, -0.2) is 4.79 Å². The zero-order chi connectivity index (χ0) is 18.2. The lowest BCUT2D eigenvalue weighted by atomic mass is 10.0. The Morgan fingerprint density at radius 1 is 1.12 bits per heavy atom. The Hall–Kier alpha value is -2.37. The fourth-order valence-electron chi connectivity index (χ4n) is 2.64. The number of carbonyl (C=O) groups excluding carboxylic acids is 2. The number of carbonyl (C=O) groups is 2. The molecule has 0 spiro atoms. The summed E-state index contributed by atoms with van der Waals surface area (Å²) in [7, 11) is 1.84. The average Bonchev–Trinajstić information content (AvgIpc) is 2.56. The van der Waals surface area contributed by atoms with E-state index < -0.39 is 12.1 Å². The first-order valence-electron chi connectivity index (χ1n) is 8.09. The third kappa shape index (κ3) is 5.59. The summed E-state index contributed by atoms with van der Waals surface area (Å²) in [5.74, 6) is -0.373. The van der Waals surface area contributed by atoms with Gasteiger partial charge in [0.25, 0.3) is 0 Å². The first kappa shape index (κ1) is 19.0. The minimum absolute atomic E-state index is 0.373. The number of nitrogens with one attached hydrogen (secondary N) is 2. The predicted molar refractivity (Wildman–Crippen MR) is 99.3 cm³/mol. The summed E-state index contributed by atoms with van der Waals surface area (Å²) in [6.07, 6.45) is 0. The molecule has 0 saturated heterocycles. The van der Waals surface area contributed by atoms with Gasteiger partial charge in [0, 0.05) is 18.1 Å². The molecule has 0 heterocycles. The second kappa shape index (κ2) is 9.20. The van der Waals surface area contributed by atoms with E-state index in [1.807, 2.05) is 66.5 Å². The van der Waals surface area contributed by atoms with Gasteiger partial charge in [-0.05, 0) is 37.2 Å². The van der Waals surface area contributed by atoms with Crippen LogP contribution in [0.25, 0.3) is 0 Å². The Bertz CT molecular complexity index is 722. The third-order valence-corrected chi connectivity index (χ3v) is 3.93. The predicted octanol–water partition coefficient (Wildman–Crippen LogP) is 3.36. The molecule has 0 aliphatic heterocycles. The van der Waals surface area contributed by atoms with E-state index in [0.717, 1.165) is 11.1 Å². The summed E-state index contributed by atoms with van der Waals surface area (Å²) in [4.78, 5) is 26.3. The van der Waals surface area contributed by atoms with E-state index in [0.29, 0.717) is 18.1 Å². The number of hydrogen-bond donors (Lipinski definition) is 2. The molecule has 0 aliphatic carbocycles. The van der Waals surface area contributed by atoms with Gasteiger partial charge in [-0.3, -0.25) is 15.0 Å². The molecule has 2 aromatic rings. The summed E-state index contributed by atoms with van der Waals surface area (Å²) in [6, 6.07) is 15.8. The van der Waals surface area contributed by atoms with Crippen LogP contribution in [0.15, 0.2) is 54.6 Å². The number of hydrogen-bond acceptors (Lipinski definition) is 3. The van der Waals surface area contributed by atoms with Crippen LogP contribution in [-0.4, -0.2) is 30.4 Å². The maximum absolute atomic E-state index is 12.7. The van der Waals surface area contributed by atoms with E-state index in [2.05, 4.69) is 10.6 Å². The number of rotatable bonds is 6. The molecule has 5 nitrogen and oxygen atoms in total. The number of likely N-dealkylation sites (N-methyl/N-ethyl adjacent to an activating group) is 1. The standard InChI is InChI=1S/C19H22ClN3O2/c1-3-21-19(25)22-18(24)17(15-9-5-4-6-10-15)23(2)13-14-8-7-11-16(20)12-14/h4-12,17H,3,13H2,1-2H3,(H2,21,22,24,25)/t17-/m0/s1. The van der Waals surface area contributed by atoms with Gasteiger partial charge in [-0.2, -0.15) is 0 Å². The van der Waals surface area contributed by atoms with Crippen molar-refractivity contribution in [3.8, 4) is 0 Å². The Kier molecular flexibility index (Phi) is 6.98. The Morgan fingerprint density at radius 2 is 1.84 bits per heavy atom. The fourth-order valence-corrected chi connectivity index (χ4v) is 2.85. The molecule has 0 aromatic heterocycles. The Morgan fingerprint density at radius 3 is 2.48 bits per heavy atom. The minimum Gasteiger partial charge on any atom is -0.338 e. The molecular formula is C19H22ClN3O2. The van der Waals surface area contributed by atoms with Crippen LogP contribution in [0.4, 0.5) is 4.79 Å². The van der Waals surface area contributed by atoms with E-state index >= 15 is 0 Å². The topological polar surface area (TPSA) is 61.4 Å². The van der Waals surface area contributed by atoms with Gasteiger partial charge in [0.2, 0.25) is 5.91 Å². The third-order valence-electron chi connectivity index (χ3n) is 3.70. The monoisotopic (exact) mass is 359 g/mol. The van der Waals surface area contributed by atoms with E-state index in [1.54, 1.807) is 6.92 Å². The zero-order valence-corrected chi connectivity index (χ0v) is 15.1. The molecule has 0 fully saturated rings. The van der Waals surface area contributed by atoms with Gasteiger partial charge >= 0.3 is 6.03 Å². The van der Waals surface area contributed by atoms with Crippen LogP contribution in [0, 0.1) is 0 Å². The molecule has 132 valence electrons. The lowest BCUT2D eigenvalue weighted by Crippen LogP contribution is -2.45. The van der Waals surface area contributed by atoms with Crippen LogP contribution in [0.2, 0.25) is 5.02 Å². The zero-order valence-electron chi connectivity index (χ0n) is 14.3. The van der Waals surface area contributed by atoms with Crippen LogP contribution in [-0.2, 0) is 11.3 Å². The van der Waals surface area contributed by atoms with E-state index in [-0.39, 0.29) is 5.91 Å². The van der Waals surface area contributed by atoms with Crippen LogP contribution in [0.1, 0.15) is 24.1 Å². The van der Waals surface area contributed by atoms with E-state index in [9.17, 15) is 9.59 Å². The van der Waals surface area contributed by atoms with Gasteiger partial charge < -0.3 is 5.32 Å². The lowest BCUT2D eigenvalue weighted by Gasteiger charge is -2.27. The van der Waals surface area contributed by atoms with Crippen molar-refractivity contribution in [2.45, 2.75) is 19.5 Å². The van der Waals surface area contributed by atoms with E-state index in [4.69, 9.17) is 11.6 Å². The van der Waals surface area contributed by atoms with Crippen LogP contribution in [0.5, 0.6) is 0 Å². The first-order valence-corrected chi connectivity index (χ1v) is 8.47. The quantitative estimate of drug-likeness (QED) is 0.831. The molecule has 2 rings (SSSR count). The summed E-state index contributed by atoms with van der Waals surface area (Å²) in [6.45, 7) is 2.76. The molecule has 2 aromatic carbocycles. The lowest BCUT2D eigenvalue weighted by molar-refractivity contribution is -0.125. The van der Waals surface area contributed by atoms with Crippen molar-refractivity contribution in [1.82, 2.24) is 15.5 Å². The summed E-state index contributed by atoms with van der Waals surface area (Å²) in [5.41, 5.74) is 1.80. The van der Waals surface area contributed by atoms with Gasteiger partial charge in [-0.1, -0.05) is 54.1 Å². The molecule has 2 N–H and O–H groups in total. The minimum atomic E-state index is -0.595. The molecule has 0 bridgehead atoms. The van der Waals surface area contributed by atoms with Crippen molar-refractivity contribution in [3.05, 3.63) is 70.7 Å². The Labute approximate surface area is 153 Å². The fraction of sp³-hybridized carbons (Fsp3) is 0.263. The molecule has 1 atom stereocenters. The molecule has 0 aliphatic rings. The van der Waals surface area contributed by atoms with Gasteiger partial charge in [-0.15, -0.1) is 0 Å². The van der Waals surface area contributed by atoms with Gasteiger partial charge in [0.1, 0.15) is 6.04 Å². The number of benzene rings is 2. The number of imide groups is 1. The van der Waals surface area contributed by atoms with Crippen LogP contribution < -0.4 is 10.6 Å². The van der Waals surface area contributed by atoms with Crippen LogP contribution in [0.3, 0.4) is 0 Å². The van der Waals surface area contributed by atoms with Crippen molar-refractivity contribution >= 4 is 23.5 Å². The number of urea groups is 1. The molecule has 6 heteroatoms. The molecule has 0 unspecified atom stereocenters. The highest BCUT2D eigenvalue weighted by Gasteiger charge is 2.26. The SMILES string of the molecule is CCNC(=O)NC(=O)[C@H](c1ccccc1)N(C)Cc1cccc(Cl)c1. The maximum Gasteiger partial charge on any atom is 0.321 e. The van der Waals surface area contributed by atoms with Crippen molar-refractivity contribution in [2.24, 2.45) is 0 Å². The van der Waals surface area contributed by atoms with E-state index in [1.165, 1.54) is 0 Å². The largest absolute Gasteiger partial charge is 0.338 e. The van der Waals surface area contributed by atoms with Gasteiger partial charge in [0.05, 0.1) is 0 Å². The highest BCUT2D eigenvalue weighted by atomic mass is 35.5.